The van der Waals surface area contributed by atoms with Crippen molar-refractivity contribution in [2.45, 2.75) is 57.2 Å². The van der Waals surface area contributed by atoms with E-state index in [-0.39, 0.29) is 18.0 Å². The Morgan fingerprint density at radius 3 is 2.95 bits per heavy atom. The van der Waals surface area contributed by atoms with Crippen LogP contribution in [-0.4, -0.2) is 17.7 Å². The van der Waals surface area contributed by atoms with E-state index in [1.165, 1.54) is 12.1 Å². The SMILES string of the molecule is CC(C)NC1(C#N)CCCC(Oc2cccc(F)c2)C1. The summed E-state index contributed by atoms with van der Waals surface area (Å²) in [6, 6.07) is 8.83. The number of nitrogens with zero attached hydrogens (tertiary/aromatic N) is 1. The van der Waals surface area contributed by atoms with Crippen molar-refractivity contribution >= 4 is 0 Å². The van der Waals surface area contributed by atoms with E-state index in [4.69, 9.17) is 4.74 Å². The monoisotopic (exact) mass is 276 g/mol. The van der Waals surface area contributed by atoms with E-state index < -0.39 is 5.54 Å². The summed E-state index contributed by atoms with van der Waals surface area (Å²) in [6.45, 7) is 4.08. The Morgan fingerprint density at radius 1 is 1.50 bits per heavy atom. The Morgan fingerprint density at radius 2 is 2.30 bits per heavy atom. The van der Waals surface area contributed by atoms with Gasteiger partial charge in [0.05, 0.1) is 6.07 Å². The molecule has 1 aliphatic rings. The molecule has 1 aliphatic carbocycles. The van der Waals surface area contributed by atoms with Crippen LogP contribution in [0.15, 0.2) is 24.3 Å². The third kappa shape index (κ3) is 3.71. The molecule has 2 atom stereocenters. The normalized spacial score (nSPS) is 26.2. The van der Waals surface area contributed by atoms with Crippen molar-refractivity contribution in [3.63, 3.8) is 0 Å². The Hall–Kier alpha value is -1.60. The first-order valence-electron chi connectivity index (χ1n) is 7.14. The first-order valence-corrected chi connectivity index (χ1v) is 7.14. The number of rotatable bonds is 4. The number of hydrogen-bond acceptors (Lipinski definition) is 3. The van der Waals surface area contributed by atoms with Gasteiger partial charge in [0.2, 0.25) is 0 Å². The van der Waals surface area contributed by atoms with Gasteiger partial charge in [0.15, 0.2) is 0 Å². The van der Waals surface area contributed by atoms with Gasteiger partial charge in [-0.2, -0.15) is 5.26 Å². The van der Waals surface area contributed by atoms with Crippen LogP contribution in [0, 0.1) is 17.1 Å². The van der Waals surface area contributed by atoms with E-state index in [1.807, 2.05) is 13.8 Å². The maximum Gasteiger partial charge on any atom is 0.126 e. The highest BCUT2D eigenvalue weighted by atomic mass is 19.1. The smallest absolute Gasteiger partial charge is 0.126 e. The van der Waals surface area contributed by atoms with Gasteiger partial charge in [0.25, 0.3) is 0 Å². The van der Waals surface area contributed by atoms with Crippen LogP contribution in [0.25, 0.3) is 0 Å². The summed E-state index contributed by atoms with van der Waals surface area (Å²) in [7, 11) is 0. The lowest BCUT2D eigenvalue weighted by molar-refractivity contribution is 0.108. The van der Waals surface area contributed by atoms with Crippen molar-refractivity contribution in [2.75, 3.05) is 0 Å². The molecule has 0 saturated heterocycles. The van der Waals surface area contributed by atoms with Crippen LogP contribution in [0.3, 0.4) is 0 Å². The second-order valence-corrected chi connectivity index (χ2v) is 5.79. The molecule has 1 aromatic rings. The highest BCUT2D eigenvalue weighted by Crippen LogP contribution is 2.31. The third-order valence-corrected chi connectivity index (χ3v) is 3.58. The fraction of sp³-hybridized carbons (Fsp3) is 0.562. The summed E-state index contributed by atoms with van der Waals surface area (Å²) >= 11 is 0. The zero-order valence-corrected chi connectivity index (χ0v) is 12.0. The van der Waals surface area contributed by atoms with E-state index in [2.05, 4.69) is 11.4 Å². The number of ether oxygens (including phenoxy) is 1. The van der Waals surface area contributed by atoms with Crippen molar-refractivity contribution < 1.29 is 9.13 Å². The first kappa shape index (κ1) is 14.8. The number of nitrogens with one attached hydrogen (secondary N) is 1. The summed E-state index contributed by atoms with van der Waals surface area (Å²) in [5.41, 5.74) is -0.523. The van der Waals surface area contributed by atoms with Gasteiger partial charge < -0.3 is 4.74 Å². The fourth-order valence-corrected chi connectivity index (χ4v) is 2.88. The molecule has 0 aliphatic heterocycles. The Labute approximate surface area is 119 Å². The maximum atomic E-state index is 13.2. The molecule has 0 radical (unpaired) electrons. The molecule has 2 unspecified atom stereocenters. The predicted molar refractivity (Wildman–Crippen MR) is 75.9 cm³/mol. The molecule has 0 heterocycles. The minimum Gasteiger partial charge on any atom is -0.490 e. The van der Waals surface area contributed by atoms with Crippen LogP contribution in [0.5, 0.6) is 5.75 Å². The average molecular weight is 276 g/mol. The number of hydrogen-bond donors (Lipinski definition) is 1. The van der Waals surface area contributed by atoms with Crippen molar-refractivity contribution in [3.05, 3.63) is 30.1 Å². The molecule has 108 valence electrons. The molecule has 4 heteroatoms. The molecule has 1 aromatic carbocycles. The minimum absolute atomic E-state index is 0.0450. The van der Waals surface area contributed by atoms with Crippen LogP contribution in [0.1, 0.15) is 39.5 Å². The van der Waals surface area contributed by atoms with Gasteiger partial charge in [0.1, 0.15) is 23.2 Å². The first-order chi connectivity index (χ1) is 9.53. The Kier molecular flexibility index (Phi) is 4.61. The van der Waals surface area contributed by atoms with Gasteiger partial charge in [-0.25, -0.2) is 4.39 Å². The maximum absolute atomic E-state index is 13.2. The molecule has 0 bridgehead atoms. The van der Waals surface area contributed by atoms with Crippen LogP contribution in [-0.2, 0) is 0 Å². The van der Waals surface area contributed by atoms with E-state index in [9.17, 15) is 9.65 Å². The molecule has 0 spiro atoms. The fourth-order valence-electron chi connectivity index (χ4n) is 2.88. The summed E-state index contributed by atoms with van der Waals surface area (Å²) in [6.07, 6.45) is 3.27. The second-order valence-electron chi connectivity index (χ2n) is 5.79. The third-order valence-electron chi connectivity index (χ3n) is 3.58. The summed E-state index contributed by atoms with van der Waals surface area (Å²) < 4.78 is 19.0. The Bertz CT molecular complexity index is 497. The summed E-state index contributed by atoms with van der Waals surface area (Å²) in [5.74, 6) is 0.235. The molecule has 3 nitrogen and oxygen atoms in total. The minimum atomic E-state index is -0.523. The second kappa shape index (κ2) is 6.23. The van der Waals surface area contributed by atoms with E-state index >= 15 is 0 Å². The highest BCUT2D eigenvalue weighted by molar-refractivity contribution is 5.23. The van der Waals surface area contributed by atoms with Gasteiger partial charge in [0, 0.05) is 18.5 Å². The predicted octanol–water partition coefficient (Wildman–Crippen LogP) is 3.41. The topological polar surface area (TPSA) is 45.0 Å². The zero-order chi connectivity index (χ0) is 14.6. The van der Waals surface area contributed by atoms with Crippen molar-refractivity contribution in [1.29, 1.82) is 5.26 Å². The van der Waals surface area contributed by atoms with E-state index in [0.717, 1.165) is 19.3 Å². The molecule has 1 fully saturated rings. The van der Waals surface area contributed by atoms with Gasteiger partial charge in [-0.15, -0.1) is 0 Å². The molecular formula is C16H21FN2O. The zero-order valence-electron chi connectivity index (χ0n) is 12.0. The van der Waals surface area contributed by atoms with Crippen molar-refractivity contribution in [1.82, 2.24) is 5.32 Å². The number of nitriles is 1. The van der Waals surface area contributed by atoms with E-state index in [0.29, 0.717) is 12.2 Å². The van der Waals surface area contributed by atoms with E-state index in [1.54, 1.807) is 12.1 Å². The van der Waals surface area contributed by atoms with Gasteiger partial charge in [-0.3, -0.25) is 5.32 Å². The Balaban J connectivity index is 2.05. The molecule has 1 N–H and O–H groups in total. The van der Waals surface area contributed by atoms with Gasteiger partial charge in [-0.1, -0.05) is 6.07 Å². The quantitative estimate of drug-likeness (QED) is 0.916. The molecule has 1 saturated carbocycles. The van der Waals surface area contributed by atoms with Gasteiger partial charge >= 0.3 is 0 Å². The summed E-state index contributed by atoms with van der Waals surface area (Å²) in [5, 5.41) is 12.8. The van der Waals surface area contributed by atoms with Crippen molar-refractivity contribution in [2.24, 2.45) is 0 Å². The molecule has 0 aromatic heterocycles. The molecular weight excluding hydrogens is 255 g/mol. The van der Waals surface area contributed by atoms with Crippen LogP contribution >= 0.6 is 0 Å². The number of halogens is 1. The highest BCUT2D eigenvalue weighted by Gasteiger charge is 2.37. The van der Waals surface area contributed by atoms with Crippen LogP contribution in [0.2, 0.25) is 0 Å². The van der Waals surface area contributed by atoms with Crippen LogP contribution < -0.4 is 10.1 Å². The molecule has 20 heavy (non-hydrogen) atoms. The molecule has 2 rings (SSSR count). The lowest BCUT2D eigenvalue weighted by atomic mass is 9.80. The standard InChI is InChI=1S/C16H21FN2O/c1-12(2)19-16(11-18)8-4-7-15(10-16)20-14-6-3-5-13(17)9-14/h3,5-6,9,12,15,19H,4,7-8,10H2,1-2H3. The summed E-state index contributed by atoms with van der Waals surface area (Å²) in [4.78, 5) is 0. The van der Waals surface area contributed by atoms with Crippen molar-refractivity contribution in [3.8, 4) is 11.8 Å². The lowest BCUT2D eigenvalue weighted by Crippen LogP contribution is -2.52. The average Bonchev–Trinajstić information content (AvgIpc) is 2.38. The largest absolute Gasteiger partial charge is 0.490 e. The molecule has 0 amide bonds. The van der Waals surface area contributed by atoms with Gasteiger partial charge in [-0.05, 0) is 45.2 Å². The number of benzene rings is 1. The lowest BCUT2D eigenvalue weighted by Gasteiger charge is -2.37. The van der Waals surface area contributed by atoms with Crippen LogP contribution in [0.4, 0.5) is 4.39 Å².